The zero-order chi connectivity index (χ0) is 43.2. The number of unbranched alkanes of at least 4 members (excludes halogenated alkanes) is 11. The van der Waals surface area contributed by atoms with Crippen molar-refractivity contribution in [2.75, 3.05) is 30.8 Å². The van der Waals surface area contributed by atoms with Crippen LogP contribution in [0.2, 0.25) is 5.02 Å². The van der Waals surface area contributed by atoms with Gasteiger partial charge in [-0.25, -0.2) is 18.1 Å². The summed E-state index contributed by atoms with van der Waals surface area (Å²) in [6.45, 7) is 3.97. The van der Waals surface area contributed by atoms with Gasteiger partial charge in [0.25, 0.3) is 21.8 Å². The van der Waals surface area contributed by atoms with E-state index in [-0.39, 0.29) is 27.2 Å². The minimum Gasteiger partial charge on any atom is -0.491 e. The number of nitrogens with zero attached hydrogens (tertiary/aromatic N) is 3. The number of benzene rings is 3. The monoisotopic (exact) mass is 865 g/mol. The lowest BCUT2D eigenvalue weighted by molar-refractivity contribution is -0.142. The summed E-state index contributed by atoms with van der Waals surface area (Å²) in [5.74, 6) is -3.20. The molecule has 4 unspecified atom stereocenters. The molecule has 5 rings (SSSR count). The number of Topliss-reactive ketones (excluding diaryl/α,β-unsaturated/α-hetero) is 1. The number of rotatable bonds is 23. The molecule has 3 amide bonds. The highest BCUT2D eigenvalue weighted by Crippen LogP contribution is 2.35. The van der Waals surface area contributed by atoms with E-state index < -0.39 is 57.8 Å². The average Bonchev–Trinajstić information content (AvgIpc) is 3.70. The Balaban J connectivity index is 1.27. The van der Waals surface area contributed by atoms with E-state index in [1.807, 2.05) is 0 Å². The lowest BCUT2D eigenvalue weighted by Crippen LogP contribution is -2.57. The van der Waals surface area contributed by atoms with Crippen LogP contribution in [0.15, 0.2) is 82.8 Å². The quantitative estimate of drug-likeness (QED) is 0.0695. The van der Waals surface area contributed by atoms with Crippen molar-refractivity contribution >= 4 is 62.6 Å². The van der Waals surface area contributed by atoms with Crippen LogP contribution in [0, 0.1) is 0 Å². The molecule has 3 aromatic rings. The number of hydrazone groups is 1. The predicted molar refractivity (Wildman–Crippen MR) is 231 cm³/mol. The molecule has 4 atom stereocenters. The third-order valence-corrected chi connectivity index (χ3v) is 12.3. The number of ether oxygens (including phenoxy) is 3. The molecule has 0 aromatic heterocycles. The van der Waals surface area contributed by atoms with E-state index in [4.69, 9.17) is 25.8 Å². The summed E-state index contributed by atoms with van der Waals surface area (Å²) >= 11 is 6.49. The Kier molecular flexibility index (Phi) is 16.8. The third kappa shape index (κ3) is 11.6. The number of para-hydroxylation sites is 2. The first-order valence-corrected chi connectivity index (χ1v) is 22.6. The number of cyclic esters (lactones) is 1. The molecule has 2 N–H and O–H groups in total. The Morgan fingerprint density at radius 1 is 0.867 bits per heavy atom. The molecule has 1 saturated heterocycles. The van der Waals surface area contributed by atoms with Gasteiger partial charge >= 0.3 is 6.09 Å². The van der Waals surface area contributed by atoms with Crippen LogP contribution in [0.3, 0.4) is 0 Å². The van der Waals surface area contributed by atoms with Crippen molar-refractivity contribution < 1.29 is 41.8 Å². The minimum absolute atomic E-state index is 0.0755. The highest BCUT2D eigenvalue weighted by Gasteiger charge is 2.53. The lowest BCUT2D eigenvalue weighted by atomic mass is 9.86. The number of anilines is 2. The van der Waals surface area contributed by atoms with Gasteiger partial charge in [0, 0.05) is 7.05 Å². The van der Waals surface area contributed by atoms with Gasteiger partial charge in [-0.05, 0) is 49.2 Å². The summed E-state index contributed by atoms with van der Waals surface area (Å²) in [7, 11) is -1.39. The molecule has 2 aliphatic rings. The number of hydrogen-bond donors (Lipinski definition) is 2. The van der Waals surface area contributed by atoms with Crippen LogP contribution in [0.5, 0.6) is 5.75 Å². The molecule has 0 bridgehead atoms. The van der Waals surface area contributed by atoms with Gasteiger partial charge in [-0.3, -0.25) is 24.1 Å². The fourth-order valence-electron chi connectivity index (χ4n) is 7.42. The van der Waals surface area contributed by atoms with Crippen molar-refractivity contribution in [1.29, 1.82) is 0 Å². The highest BCUT2D eigenvalue weighted by atomic mass is 35.5. The molecule has 2 heterocycles. The van der Waals surface area contributed by atoms with Gasteiger partial charge in [-0.1, -0.05) is 132 Å². The van der Waals surface area contributed by atoms with Gasteiger partial charge in [-0.15, -0.1) is 5.10 Å². The van der Waals surface area contributed by atoms with E-state index in [9.17, 15) is 27.6 Å². The van der Waals surface area contributed by atoms with Crippen LogP contribution < -0.4 is 14.8 Å². The van der Waals surface area contributed by atoms with Crippen molar-refractivity contribution in [3.05, 3.63) is 83.4 Å². The number of hydrogen-bond acceptors (Lipinski definition) is 11. The number of amides is 3. The number of halogens is 1. The molecular formula is C44H56ClN5O9S. The molecule has 0 aliphatic carbocycles. The second-order valence-electron chi connectivity index (χ2n) is 15.1. The first-order valence-electron chi connectivity index (χ1n) is 20.7. The van der Waals surface area contributed by atoms with Gasteiger partial charge in [-0.2, -0.15) is 0 Å². The molecule has 2 aliphatic heterocycles. The maximum absolute atomic E-state index is 14.6. The van der Waals surface area contributed by atoms with Crippen molar-refractivity contribution in [2.45, 2.75) is 120 Å². The number of carbonyl (C=O) groups excluding carboxylic acids is 4. The number of methoxy groups -OCH3 is 1. The van der Waals surface area contributed by atoms with Crippen molar-refractivity contribution in [3.63, 3.8) is 0 Å². The van der Waals surface area contributed by atoms with E-state index in [2.05, 4.69) is 22.1 Å². The second-order valence-corrected chi connectivity index (χ2v) is 17.1. The summed E-state index contributed by atoms with van der Waals surface area (Å²) in [5.41, 5.74) is 0.655. The molecule has 60 heavy (non-hydrogen) atoms. The largest absolute Gasteiger partial charge is 0.491 e. The Morgan fingerprint density at radius 2 is 1.48 bits per heavy atom. The molecule has 0 saturated carbocycles. The van der Waals surface area contributed by atoms with Crippen LogP contribution in [-0.4, -0.2) is 86.9 Å². The molecule has 0 spiro atoms. The van der Waals surface area contributed by atoms with E-state index in [0.717, 1.165) is 25.3 Å². The highest BCUT2D eigenvalue weighted by molar-refractivity contribution is 7.92. The van der Waals surface area contributed by atoms with E-state index >= 15 is 0 Å². The molecule has 14 nitrogen and oxygen atoms in total. The number of likely N-dealkylation sites (N-methyl/N-ethyl adjacent to an activating group) is 1. The van der Waals surface area contributed by atoms with Gasteiger partial charge < -0.3 is 19.5 Å². The van der Waals surface area contributed by atoms with Crippen LogP contribution >= 0.6 is 11.6 Å². The van der Waals surface area contributed by atoms with E-state index in [1.54, 1.807) is 54.6 Å². The molecule has 0 radical (unpaired) electrons. The molecule has 324 valence electrons. The molecule has 3 aromatic carbocycles. The Morgan fingerprint density at radius 3 is 2.10 bits per heavy atom. The van der Waals surface area contributed by atoms with Crippen LogP contribution in [0.25, 0.3) is 0 Å². The van der Waals surface area contributed by atoms with E-state index in [0.29, 0.717) is 22.8 Å². The first-order chi connectivity index (χ1) is 28.9. The Hall–Kier alpha value is -5.15. The number of imide groups is 1. The first kappa shape index (κ1) is 45.9. The van der Waals surface area contributed by atoms with E-state index in [1.165, 1.54) is 96.0 Å². The standard InChI is InChI=1S/C44H56ClN5O9S/c1-5-6-7-8-9-10-11-12-13-14-15-21-28-58-36-25-20-19-24-34(36)48-60(55,56)32-26-27-33(45)35(29-32)46-41(52)39(50-43(53)30(2)59-44(50)54)40(51)38-37(31-22-17-16-18-23-31)42(57-4)47-49(38)3/h16-20,22-27,29-30,37-39,48H,5-15,21,28H2,1-4H3,(H,46,52). The summed E-state index contributed by atoms with van der Waals surface area (Å²) < 4.78 is 46.7. The van der Waals surface area contributed by atoms with Crippen LogP contribution in [0.4, 0.5) is 16.2 Å². The predicted octanol–water partition coefficient (Wildman–Crippen LogP) is 8.52. The average molecular weight is 866 g/mol. The number of sulfonamides is 1. The number of ketones is 1. The van der Waals surface area contributed by atoms with Gasteiger partial charge in [0.1, 0.15) is 11.8 Å². The minimum atomic E-state index is -4.29. The maximum atomic E-state index is 14.6. The Labute approximate surface area is 358 Å². The number of carbonyl (C=O) groups is 4. The van der Waals surface area contributed by atoms with Crippen LogP contribution in [0.1, 0.15) is 102 Å². The number of nitrogens with one attached hydrogen (secondary N) is 2. The normalized spacial score (nSPS) is 18.2. The SMILES string of the molecule is CCCCCCCCCCCCCCOc1ccccc1NS(=O)(=O)c1ccc(Cl)c(NC(=O)C(C(=O)C2C(c3ccccc3)C(OC)=NN2C)N2C(=O)OC(C)C2=O)c1. The maximum Gasteiger partial charge on any atom is 0.418 e. The zero-order valence-electron chi connectivity index (χ0n) is 34.7. The van der Waals surface area contributed by atoms with Crippen LogP contribution in [-0.2, 0) is 33.9 Å². The fourth-order valence-corrected chi connectivity index (χ4v) is 8.68. The van der Waals surface area contributed by atoms with Gasteiger partial charge in [0.15, 0.2) is 17.9 Å². The Bertz CT molecular complexity index is 2100. The molecular weight excluding hydrogens is 810 g/mol. The van der Waals surface area contributed by atoms with Crippen molar-refractivity contribution in [3.8, 4) is 5.75 Å². The van der Waals surface area contributed by atoms with Gasteiger partial charge in [0.05, 0.1) is 40.9 Å². The summed E-state index contributed by atoms with van der Waals surface area (Å²) in [5, 5.41) is 8.10. The van der Waals surface area contributed by atoms with Crippen molar-refractivity contribution in [1.82, 2.24) is 9.91 Å². The summed E-state index contributed by atoms with van der Waals surface area (Å²) in [6.07, 6.45) is 12.0. The smallest absolute Gasteiger partial charge is 0.418 e. The molecule has 1 fully saturated rings. The fraction of sp³-hybridized carbons (Fsp3) is 0.477. The molecule has 16 heteroatoms. The van der Waals surface area contributed by atoms with Crippen molar-refractivity contribution in [2.24, 2.45) is 5.10 Å². The summed E-state index contributed by atoms with van der Waals surface area (Å²) in [4.78, 5) is 55.4. The van der Waals surface area contributed by atoms with Gasteiger partial charge in [0.2, 0.25) is 5.90 Å². The second kappa shape index (κ2) is 21.9. The summed E-state index contributed by atoms with van der Waals surface area (Å²) in [6, 6.07) is 15.9. The lowest BCUT2D eigenvalue weighted by Gasteiger charge is -2.30. The zero-order valence-corrected chi connectivity index (χ0v) is 36.3. The topological polar surface area (TPSA) is 173 Å². The third-order valence-electron chi connectivity index (χ3n) is 10.6.